The van der Waals surface area contributed by atoms with Crippen LogP contribution in [0.15, 0.2) is 0 Å². The first kappa shape index (κ1) is 14.3. The second-order valence-electron chi connectivity index (χ2n) is 5.17. The van der Waals surface area contributed by atoms with E-state index in [0.717, 1.165) is 12.5 Å². The minimum atomic E-state index is -0.0272. The highest BCUT2D eigenvalue weighted by Crippen LogP contribution is 2.38. The van der Waals surface area contributed by atoms with Gasteiger partial charge in [-0.05, 0) is 18.3 Å². The van der Waals surface area contributed by atoms with Crippen molar-refractivity contribution in [2.75, 3.05) is 6.61 Å². The molecular formula is C14H27ClO. The van der Waals surface area contributed by atoms with E-state index in [9.17, 15) is 0 Å². The van der Waals surface area contributed by atoms with E-state index < -0.39 is 0 Å². The average molecular weight is 247 g/mol. The van der Waals surface area contributed by atoms with Gasteiger partial charge in [0.15, 0.2) is 0 Å². The van der Waals surface area contributed by atoms with Crippen LogP contribution in [0.5, 0.6) is 0 Å². The summed E-state index contributed by atoms with van der Waals surface area (Å²) in [5, 5.41) is 0. The third-order valence-corrected chi connectivity index (χ3v) is 4.53. The fourth-order valence-electron chi connectivity index (χ4n) is 2.76. The predicted octanol–water partition coefficient (Wildman–Crippen LogP) is 4.83. The van der Waals surface area contributed by atoms with Crippen LogP contribution >= 0.6 is 11.6 Å². The lowest BCUT2D eigenvalue weighted by atomic mass is 9.82. The normalized spacial score (nSPS) is 31.9. The van der Waals surface area contributed by atoms with Crippen molar-refractivity contribution in [3.63, 3.8) is 0 Å². The molecule has 1 aliphatic heterocycles. The molecular weight excluding hydrogens is 220 g/mol. The summed E-state index contributed by atoms with van der Waals surface area (Å²) in [7, 11) is 0. The molecule has 0 radical (unpaired) electrons. The molecule has 0 N–H and O–H groups in total. The van der Waals surface area contributed by atoms with Crippen molar-refractivity contribution in [3.05, 3.63) is 0 Å². The second-order valence-corrected chi connectivity index (χ2v) is 5.60. The van der Waals surface area contributed by atoms with E-state index in [2.05, 4.69) is 20.8 Å². The summed E-state index contributed by atoms with van der Waals surface area (Å²) in [6.07, 6.45) is 7.79. The van der Waals surface area contributed by atoms with Gasteiger partial charge in [0.2, 0.25) is 0 Å². The fraction of sp³-hybridized carbons (Fsp3) is 1.00. The van der Waals surface area contributed by atoms with Crippen LogP contribution in [0.2, 0.25) is 0 Å². The van der Waals surface area contributed by atoms with Gasteiger partial charge in [0.1, 0.15) is 5.56 Å². The van der Waals surface area contributed by atoms with Crippen LogP contribution in [-0.2, 0) is 4.74 Å². The smallest absolute Gasteiger partial charge is 0.134 e. The van der Waals surface area contributed by atoms with Crippen LogP contribution in [0.1, 0.15) is 59.3 Å². The minimum absolute atomic E-state index is 0.0272. The predicted molar refractivity (Wildman–Crippen MR) is 70.8 cm³/mol. The van der Waals surface area contributed by atoms with Gasteiger partial charge >= 0.3 is 0 Å². The molecule has 1 fully saturated rings. The average Bonchev–Trinajstić information content (AvgIpc) is 2.65. The Kier molecular flexibility index (Phi) is 6.75. The highest BCUT2D eigenvalue weighted by molar-refractivity contribution is 6.20. The molecule has 0 saturated carbocycles. The molecule has 1 heterocycles. The lowest BCUT2D eigenvalue weighted by molar-refractivity contribution is 0.144. The highest BCUT2D eigenvalue weighted by atomic mass is 35.5. The molecule has 1 rings (SSSR count). The molecule has 4 atom stereocenters. The zero-order chi connectivity index (χ0) is 12.0. The van der Waals surface area contributed by atoms with Crippen LogP contribution in [0.25, 0.3) is 0 Å². The number of rotatable bonds is 7. The summed E-state index contributed by atoms with van der Waals surface area (Å²) in [5.74, 6) is 2.13. The third kappa shape index (κ3) is 3.92. The largest absolute Gasteiger partial charge is 0.362 e. The first-order valence-electron chi connectivity index (χ1n) is 6.98. The number of alkyl halides is 1. The first-order valence-corrected chi connectivity index (χ1v) is 7.42. The van der Waals surface area contributed by atoms with Gasteiger partial charge in [-0.2, -0.15) is 0 Å². The molecule has 0 spiro atoms. The third-order valence-electron chi connectivity index (χ3n) is 4.08. The van der Waals surface area contributed by atoms with Crippen LogP contribution in [0, 0.1) is 17.8 Å². The van der Waals surface area contributed by atoms with E-state index in [0.29, 0.717) is 11.8 Å². The van der Waals surface area contributed by atoms with E-state index in [-0.39, 0.29) is 5.56 Å². The lowest BCUT2D eigenvalue weighted by Crippen LogP contribution is -2.19. The van der Waals surface area contributed by atoms with Gasteiger partial charge in [-0.25, -0.2) is 0 Å². The number of hydrogen-bond donors (Lipinski definition) is 0. The molecule has 0 aromatic heterocycles. The quantitative estimate of drug-likeness (QED) is 0.585. The summed E-state index contributed by atoms with van der Waals surface area (Å²) in [4.78, 5) is 0. The van der Waals surface area contributed by atoms with E-state index in [1.54, 1.807) is 0 Å². The molecule has 1 saturated heterocycles. The van der Waals surface area contributed by atoms with Gasteiger partial charge in [0, 0.05) is 5.92 Å². The molecule has 0 bridgehead atoms. The van der Waals surface area contributed by atoms with Gasteiger partial charge < -0.3 is 4.74 Å². The maximum Gasteiger partial charge on any atom is 0.134 e. The Balaban J connectivity index is 2.42. The Morgan fingerprint density at radius 3 is 2.62 bits per heavy atom. The van der Waals surface area contributed by atoms with Crippen molar-refractivity contribution >= 4 is 11.6 Å². The molecule has 1 aliphatic rings. The molecule has 16 heavy (non-hydrogen) atoms. The summed E-state index contributed by atoms with van der Waals surface area (Å²) in [6, 6.07) is 0. The Labute approximate surface area is 106 Å². The second kappa shape index (κ2) is 7.55. The molecule has 96 valence electrons. The van der Waals surface area contributed by atoms with Crippen molar-refractivity contribution in [1.29, 1.82) is 0 Å². The Hall–Kier alpha value is 0.250. The maximum atomic E-state index is 6.26. The zero-order valence-electron chi connectivity index (χ0n) is 11.0. The van der Waals surface area contributed by atoms with E-state index in [1.807, 2.05) is 0 Å². The summed E-state index contributed by atoms with van der Waals surface area (Å²) in [5.41, 5.74) is -0.0272. The fourth-order valence-corrected chi connectivity index (χ4v) is 3.14. The number of unbranched alkanes of at least 4 members (excludes halogenated alkanes) is 1. The number of halogens is 1. The van der Waals surface area contributed by atoms with Crippen LogP contribution in [0.4, 0.5) is 0 Å². The standard InChI is InChI=1S/C14H27ClO/c1-4-7-8-11(5-2)9-13-12(6-3)10-16-14(13)15/h11-14H,4-10H2,1-3H3. The van der Waals surface area contributed by atoms with Crippen molar-refractivity contribution in [1.82, 2.24) is 0 Å². The maximum absolute atomic E-state index is 6.26. The molecule has 2 heteroatoms. The summed E-state index contributed by atoms with van der Waals surface area (Å²) in [6.45, 7) is 7.70. The Morgan fingerprint density at radius 2 is 2.06 bits per heavy atom. The molecule has 0 aromatic rings. The highest BCUT2D eigenvalue weighted by Gasteiger charge is 2.35. The van der Waals surface area contributed by atoms with Gasteiger partial charge in [0.25, 0.3) is 0 Å². The molecule has 0 aromatic carbocycles. The molecule has 0 aliphatic carbocycles. The van der Waals surface area contributed by atoms with E-state index >= 15 is 0 Å². The van der Waals surface area contributed by atoms with Crippen molar-refractivity contribution in [2.45, 2.75) is 64.9 Å². The van der Waals surface area contributed by atoms with E-state index in [1.165, 1.54) is 38.5 Å². The number of hydrogen-bond acceptors (Lipinski definition) is 1. The van der Waals surface area contributed by atoms with Crippen LogP contribution in [-0.4, -0.2) is 12.2 Å². The molecule has 1 nitrogen and oxygen atoms in total. The van der Waals surface area contributed by atoms with Gasteiger partial charge in [0.05, 0.1) is 6.61 Å². The SMILES string of the molecule is CCCCC(CC)CC1C(CC)COC1Cl. The van der Waals surface area contributed by atoms with Gasteiger partial charge in [-0.15, -0.1) is 0 Å². The van der Waals surface area contributed by atoms with E-state index in [4.69, 9.17) is 16.3 Å². The van der Waals surface area contributed by atoms with Crippen molar-refractivity contribution in [2.24, 2.45) is 17.8 Å². The molecule has 4 unspecified atom stereocenters. The van der Waals surface area contributed by atoms with Gasteiger partial charge in [-0.3, -0.25) is 0 Å². The lowest BCUT2D eigenvalue weighted by Gasteiger charge is -2.24. The van der Waals surface area contributed by atoms with Gasteiger partial charge in [-0.1, -0.05) is 64.5 Å². The van der Waals surface area contributed by atoms with Crippen molar-refractivity contribution in [3.8, 4) is 0 Å². The van der Waals surface area contributed by atoms with Crippen LogP contribution in [0.3, 0.4) is 0 Å². The van der Waals surface area contributed by atoms with Crippen LogP contribution < -0.4 is 0 Å². The summed E-state index contributed by atoms with van der Waals surface area (Å²) < 4.78 is 5.58. The Bertz CT molecular complexity index is 184. The first-order chi connectivity index (χ1) is 7.72. The topological polar surface area (TPSA) is 9.23 Å². The monoisotopic (exact) mass is 246 g/mol. The zero-order valence-corrected chi connectivity index (χ0v) is 11.8. The molecule has 0 amide bonds. The summed E-state index contributed by atoms with van der Waals surface area (Å²) >= 11 is 6.26. The minimum Gasteiger partial charge on any atom is -0.362 e. The number of ether oxygens (including phenoxy) is 1. The Morgan fingerprint density at radius 1 is 1.31 bits per heavy atom. The van der Waals surface area contributed by atoms with Crippen molar-refractivity contribution < 1.29 is 4.74 Å².